The third-order valence-electron chi connectivity index (χ3n) is 4.17. The monoisotopic (exact) mass is 280 g/mol. The fraction of sp³-hybridized carbons (Fsp3) is 0.278. The number of piperidine rings is 1. The molecule has 0 aliphatic carbocycles. The summed E-state index contributed by atoms with van der Waals surface area (Å²) in [6.07, 6.45) is 1.82. The van der Waals surface area contributed by atoms with Gasteiger partial charge in [-0.15, -0.1) is 0 Å². The minimum Gasteiger partial charge on any atom is -0.342 e. The smallest absolute Gasteiger partial charge is 0.251 e. The lowest BCUT2D eigenvalue weighted by atomic mass is 9.81. The molecule has 3 nitrogen and oxygen atoms in total. The summed E-state index contributed by atoms with van der Waals surface area (Å²) in [5, 5.41) is 6.66. The summed E-state index contributed by atoms with van der Waals surface area (Å²) in [4.78, 5) is 12.6. The Hall–Kier alpha value is -2.13. The van der Waals surface area contributed by atoms with Crippen LogP contribution in [-0.4, -0.2) is 19.0 Å². The minimum absolute atomic E-state index is 0.00125. The molecular weight excluding hydrogens is 260 g/mol. The van der Waals surface area contributed by atoms with E-state index in [1.165, 1.54) is 5.56 Å². The first kappa shape index (κ1) is 13.8. The predicted molar refractivity (Wildman–Crippen MR) is 84.1 cm³/mol. The van der Waals surface area contributed by atoms with E-state index in [1.54, 1.807) is 0 Å². The van der Waals surface area contributed by atoms with Crippen molar-refractivity contribution in [3.05, 3.63) is 71.8 Å². The molecule has 0 atom stereocenters. The first-order valence-electron chi connectivity index (χ1n) is 7.44. The second kappa shape index (κ2) is 6.10. The molecule has 1 aliphatic rings. The van der Waals surface area contributed by atoms with E-state index in [-0.39, 0.29) is 11.4 Å². The van der Waals surface area contributed by atoms with Crippen molar-refractivity contribution in [2.75, 3.05) is 13.1 Å². The lowest BCUT2D eigenvalue weighted by molar-refractivity contribution is 0.0872. The summed E-state index contributed by atoms with van der Waals surface area (Å²) < 4.78 is 0. The Morgan fingerprint density at radius 1 is 0.905 bits per heavy atom. The number of nitrogens with one attached hydrogen (secondary N) is 2. The molecule has 3 rings (SSSR count). The number of hydrogen-bond donors (Lipinski definition) is 2. The van der Waals surface area contributed by atoms with Crippen LogP contribution in [0.4, 0.5) is 0 Å². The van der Waals surface area contributed by atoms with Crippen molar-refractivity contribution in [1.82, 2.24) is 10.6 Å². The van der Waals surface area contributed by atoms with Crippen LogP contribution in [0.2, 0.25) is 0 Å². The molecule has 2 aromatic rings. The quantitative estimate of drug-likeness (QED) is 0.907. The zero-order valence-electron chi connectivity index (χ0n) is 12.0. The van der Waals surface area contributed by atoms with Crippen molar-refractivity contribution >= 4 is 5.91 Å². The van der Waals surface area contributed by atoms with Crippen LogP contribution in [0.1, 0.15) is 28.8 Å². The van der Waals surface area contributed by atoms with Crippen molar-refractivity contribution in [2.24, 2.45) is 0 Å². The van der Waals surface area contributed by atoms with Gasteiger partial charge in [0, 0.05) is 5.56 Å². The molecule has 2 N–H and O–H groups in total. The lowest BCUT2D eigenvalue weighted by Crippen LogP contribution is -2.52. The molecule has 1 heterocycles. The molecule has 3 heteroatoms. The number of hydrogen-bond acceptors (Lipinski definition) is 2. The van der Waals surface area contributed by atoms with Gasteiger partial charge in [0.2, 0.25) is 0 Å². The molecule has 0 saturated carbocycles. The van der Waals surface area contributed by atoms with Crippen LogP contribution in [0.15, 0.2) is 60.7 Å². The Labute approximate surface area is 125 Å². The topological polar surface area (TPSA) is 41.1 Å². The maximum absolute atomic E-state index is 12.6. The highest BCUT2D eigenvalue weighted by molar-refractivity contribution is 5.94. The Morgan fingerprint density at radius 3 is 2.10 bits per heavy atom. The Balaban J connectivity index is 1.88. The molecule has 21 heavy (non-hydrogen) atoms. The summed E-state index contributed by atoms with van der Waals surface area (Å²) in [5.74, 6) is 0.00125. The third-order valence-corrected chi connectivity index (χ3v) is 4.17. The summed E-state index contributed by atoms with van der Waals surface area (Å²) in [7, 11) is 0. The summed E-state index contributed by atoms with van der Waals surface area (Å²) in [6, 6.07) is 19.7. The van der Waals surface area contributed by atoms with E-state index >= 15 is 0 Å². The molecule has 1 amide bonds. The Bertz CT molecular complexity index is 589. The molecule has 0 aromatic heterocycles. The van der Waals surface area contributed by atoms with E-state index in [1.807, 2.05) is 48.5 Å². The molecule has 0 radical (unpaired) electrons. The Morgan fingerprint density at radius 2 is 1.48 bits per heavy atom. The fourth-order valence-corrected chi connectivity index (χ4v) is 2.98. The highest BCUT2D eigenvalue weighted by Gasteiger charge is 2.35. The van der Waals surface area contributed by atoms with Crippen molar-refractivity contribution in [2.45, 2.75) is 18.4 Å². The predicted octanol–water partition coefficient (Wildman–Crippen LogP) is 2.70. The number of carbonyl (C=O) groups excluding carboxylic acids is 1. The van der Waals surface area contributed by atoms with Crippen LogP contribution in [0.5, 0.6) is 0 Å². The molecule has 1 saturated heterocycles. The van der Waals surface area contributed by atoms with Crippen LogP contribution in [0, 0.1) is 0 Å². The van der Waals surface area contributed by atoms with Gasteiger partial charge in [-0.25, -0.2) is 0 Å². The van der Waals surface area contributed by atoms with Gasteiger partial charge in [0.05, 0.1) is 5.54 Å². The molecule has 0 spiro atoms. The summed E-state index contributed by atoms with van der Waals surface area (Å²) in [5.41, 5.74) is 1.64. The van der Waals surface area contributed by atoms with Gasteiger partial charge in [-0.2, -0.15) is 0 Å². The average Bonchev–Trinajstić information content (AvgIpc) is 2.57. The van der Waals surface area contributed by atoms with Crippen LogP contribution in [-0.2, 0) is 5.54 Å². The van der Waals surface area contributed by atoms with Crippen LogP contribution in [0.3, 0.4) is 0 Å². The van der Waals surface area contributed by atoms with Gasteiger partial charge in [0.25, 0.3) is 5.91 Å². The average molecular weight is 280 g/mol. The lowest BCUT2D eigenvalue weighted by Gasteiger charge is -2.39. The van der Waals surface area contributed by atoms with Crippen LogP contribution < -0.4 is 10.6 Å². The van der Waals surface area contributed by atoms with Gasteiger partial charge in [0.1, 0.15) is 0 Å². The van der Waals surface area contributed by atoms with Crippen LogP contribution >= 0.6 is 0 Å². The number of amides is 1. The maximum atomic E-state index is 12.6. The third kappa shape index (κ3) is 2.98. The van der Waals surface area contributed by atoms with E-state index in [2.05, 4.69) is 22.8 Å². The highest BCUT2D eigenvalue weighted by Crippen LogP contribution is 2.30. The second-order valence-corrected chi connectivity index (χ2v) is 5.52. The number of benzene rings is 2. The zero-order valence-corrected chi connectivity index (χ0v) is 12.0. The number of carbonyl (C=O) groups is 1. The normalized spacial score (nSPS) is 17.1. The molecule has 1 fully saturated rings. The van der Waals surface area contributed by atoms with Crippen molar-refractivity contribution < 1.29 is 4.79 Å². The zero-order chi connectivity index (χ0) is 14.5. The maximum Gasteiger partial charge on any atom is 0.251 e. The van der Waals surface area contributed by atoms with E-state index in [9.17, 15) is 4.79 Å². The Kier molecular flexibility index (Phi) is 4.02. The van der Waals surface area contributed by atoms with Gasteiger partial charge < -0.3 is 10.6 Å². The molecule has 0 bridgehead atoms. The van der Waals surface area contributed by atoms with Gasteiger partial charge in [-0.05, 0) is 43.6 Å². The van der Waals surface area contributed by atoms with Gasteiger partial charge in [0.15, 0.2) is 0 Å². The minimum atomic E-state index is -0.264. The van der Waals surface area contributed by atoms with E-state index in [0.717, 1.165) is 25.9 Å². The first-order valence-corrected chi connectivity index (χ1v) is 7.44. The standard InChI is InChI=1S/C18H20N2O/c21-17(15-7-3-1-4-8-15)20-18(11-13-19-14-12-18)16-9-5-2-6-10-16/h1-10,19H,11-14H2,(H,20,21). The number of rotatable bonds is 3. The van der Waals surface area contributed by atoms with E-state index in [4.69, 9.17) is 0 Å². The van der Waals surface area contributed by atoms with Crippen LogP contribution in [0.25, 0.3) is 0 Å². The molecule has 2 aromatic carbocycles. The van der Waals surface area contributed by atoms with Gasteiger partial charge >= 0.3 is 0 Å². The largest absolute Gasteiger partial charge is 0.342 e. The van der Waals surface area contributed by atoms with Gasteiger partial charge in [-0.1, -0.05) is 48.5 Å². The van der Waals surface area contributed by atoms with Crippen molar-refractivity contribution in [3.8, 4) is 0 Å². The fourth-order valence-electron chi connectivity index (χ4n) is 2.98. The molecule has 1 aliphatic heterocycles. The molecular formula is C18H20N2O. The van der Waals surface area contributed by atoms with E-state index in [0.29, 0.717) is 5.56 Å². The van der Waals surface area contributed by atoms with Crippen molar-refractivity contribution in [3.63, 3.8) is 0 Å². The highest BCUT2D eigenvalue weighted by atomic mass is 16.1. The summed E-state index contributed by atoms with van der Waals surface area (Å²) in [6.45, 7) is 1.84. The summed E-state index contributed by atoms with van der Waals surface area (Å²) >= 11 is 0. The van der Waals surface area contributed by atoms with E-state index < -0.39 is 0 Å². The first-order chi connectivity index (χ1) is 10.3. The van der Waals surface area contributed by atoms with Crippen molar-refractivity contribution in [1.29, 1.82) is 0 Å². The SMILES string of the molecule is O=C(NC1(c2ccccc2)CCNCC1)c1ccccc1. The van der Waals surface area contributed by atoms with Gasteiger partial charge in [-0.3, -0.25) is 4.79 Å². The molecule has 0 unspecified atom stereocenters. The molecule has 108 valence electrons. The second-order valence-electron chi connectivity index (χ2n) is 5.52.